The molecule has 0 heterocycles. The number of rotatable bonds is 6. The van der Waals surface area contributed by atoms with Crippen LogP contribution in [0.1, 0.15) is 23.7 Å². The molecule has 21 heavy (non-hydrogen) atoms. The normalized spacial score (nSPS) is 12.4. The highest BCUT2D eigenvalue weighted by Crippen LogP contribution is 2.18. The van der Waals surface area contributed by atoms with Crippen molar-refractivity contribution in [1.29, 1.82) is 0 Å². The van der Waals surface area contributed by atoms with Crippen molar-refractivity contribution in [2.45, 2.75) is 19.1 Å². The average Bonchev–Trinajstić information content (AvgIpc) is 2.48. The third-order valence-electron chi connectivity index (χ3n) is 3.17. The molecule has 0 saturated heterocycles. The van der Waals surface area contributed by atoms with E-state index in [-0.39, 0.29) is 5.82 Å². The zero-order valence-electron chi connectivity index (χ0n) is 11.3. The minimum atomic E-state index is -0.967. The van der Waals surface area contributed by atoms with E-state index in [9.17, 15) is 18.3 Å². The first kappa shape index (κ1) is 15.5. The van der Waals surface area contributed by atoms with Crippen molar-refractivity contribution in [1.82, 2.24) is 5.32 Å². The van der Waals surface area contributed by atoms with Gasteiger partial charge in [0.15, 0.2) is 11.6 Å². The van der Waals surface area contributed by atoms with Gasteiger partial charge in [0, 0.05) is 6.54 Å². The second-order valence-electron chi connectivity index (χ2n) is 4.78. The number of benzene rings is 2. The highest BCUT2D eigenvalue weighted by molar-refractivity contribution is 5.20. The summed E-state index contributed by atoms with van der Waals surface area (Å²) in [5.74, 6) is -2.18. The molecule has 0 aliphatic carbocycles. The number of aliphatic hydroxyl groups excluding tert-OH is 1. The first-order valence-corrected chi connectivity index (χ1v) is 6.64. The summed E-state index contributed by atoms with van der Waals surface area (Å²) >= 11 is 0. The van der Waals surface area contributed by atoms with E-state index in [0.29, 0.717) is 25.1 Å². The number of halogens is 3. The molecule has 5 heteroatoms. The van der Waals surface area contributed by atoms with E-state index in [1.165, 1.54) is 18.2 Å². The molecule has 1 atom stereocenters. The SMILES string of the molecule is OC(CCNCc1ccc(F)cc1)c1ccc(F)c(F)c1. The summed E-state index contributed by atoms with van der Waals surface area (Å²) in [6, 6.07) is 9.48. The molecule has 0 spiro atoms. The van der Waals surface area contributed by atoms with Crippen LogP contribution in [-0.2, 0) is 6.54 Å². The van der Waals surface area contributed by atoms with Crippen molar-refractivity contribution in [2.24, 2.45) is 0 Å². The molecule has 0 aliphatic heterocycles. The molecular weight excluding hydrogens is 279 g/mol. The molecule has 0 bridgehead atoms. The molecule has 0 fully saturated rings. The Hall–Kier alpha value is -1.85. The zero-order valence-corrected chi connectivity index (χ0v) is 11.3. The minimum Gasteiger partial charge on any atom is -0.388 e. The Kier molecular flexibility index (Phi) is 5.36. The lowest BCUT2D eigenvalue weighted by molar-refractivity contribution is 0.166. The molecule has 0 aliphatic rings. The number of hydrogen-bond donors (Lipinski definition) is 2. The van der Waals surface area contributed by atoms with E-state index < -0.39 is 17.7 Å². The van der Waals surface area contributed by atoms with Gasteiger partial charge >= 0.3 is 0 Å². The van der Waals surface area contributed by atoms with Gasteiger partial charge in [-0.1, -0.05) is 18.2 Å². The van der Waals surface area contributed by atoms with E-state index in [2.05, 4.69) is 5.32 Å². The molecule has 0 saturated carbocycles. The molecule has 0 amide bonds. The smallest absolute Gasteiger partial charge is 0.159 e. The van der Waals surface area contributed by atoms with Gasteiger partial charge in [0.2, 0.25) is 0 Å². The second-order valence-corrected chi connectivity index (χ2v) is 4.78. The second kappa shape index (κ2) is 7.24. The Morgan fingerprint density at radius 2 is 1.67 bits per heavy atom. The van der Waals surface area contributed by atoms with E-state index in [1.54, 1.807) is 12.1 Å². The van der Waals surface area contributed by atoms with Crippen LogP contribution in [0.2, 0.25) is 0 Å². The van der Waals surface area contributed by atoms with E-state index in [0.717, 1.165) is 17.7 Å². The summed E-state index contributed by atoms with van der Waals surface area (Å²) in [6.45, 7) is 1.04. The van der Waals surface area contributed by atoms with Crippen LogP contribution in [0, 0.1) is 17.5 Å². The molecular formula is C16H16F3NO. The topological polar surface area (TPSA) is 32.3 Å². The summed E-state index contributed by atoms with van der Waals surface area (Å²) in [5.41, 5.74) is 1.27. The van der Waals surface area contributed by atoms with Gasteiger partial charge < -0.3 is 10.4 Å². The summed E-state index contributed by atoms with van der Waals surface area (Å²) in [7, 11) is 0. The van der Waals surface area contributed by atoms with Crippen molar-refractivity contribution < 1.29 is 18.3 Å². The fourth-order valence-electron chi connectivity index (χ4n) is 1.96. The van der Waals surface area contributed by atoms with Gasteiger partial charge in [-0.2, -0.15) is 0 Å². The summed E-state index contributed by atoms with van der Waals surface area (Å²) < 4.78 is 38.6. The van der Waals surface area contributed by atoms with Gasteiger partial charge in [0.1, 0.15) is 5.82 Å². The summed E-state index contributed by atoms with van der Waals surface area (Å²) in [5, 5.41) is 13.0. The molecule has 2 aromatic rings. The van der Waals surface area contributed by atoms with Crippen LogP contribution in [0.3, 0.4) is 0 Å². The van der Waals surface area contributed by atoms with Crippen molar-refractivity contribution in [3.8, 4) is 0 Å². The Bertz CT molecular complexity index is 587. The maximum Gasteiger partial charge on any atom is 0.159 e. The van der Waals surface area contributed by atoms with Gasteiger partial charge in [0.25, 0.3) is 0 Å². The molecule has 2 aromatic carbocycles. The zero-order chi connectivity index (χ0) is 15.2. The maximum absolute atomic E-state index is 13.0. The lowest BCUT2D eigenvalue weighted by atomic mass is 10.1. The highest BCUT2D eigenvalue weighted by Gasteiger charge is 2.10. The third-order valence-corrected chi connectivity index (χ3v) is 3.17. The van der Waals surface area contributed by atoms with Gasteiger partial charge in [-0.3, -0.25) is 0 Å². The van der Waals surface area contributed by atoms with Crippen LogP contribution in [0.5, 0.6) is 0 Å². The molecule has 112 valence electrons. The summed E-state index contributed by atoms with van der Waals surface area (Å²) in [4.78, 5) is 0. The van der Waals surface area contributed by atoms with Crippen molar-refractivity contribution in [2.75, 3.05) is 6.54 Å². The Balaban J connectivity index is 1.77. The Morgan fingerprint density at radius 3 is 2.33 bits per heavy atom. The third kappa shape index (κ3) is 4.58. The van der Waals surface area contributed by atoms with Crippen LogP contribution in [0.15, 0.2) is 42.5 Å². The molecule has 1 unspecified atom stereocenters. The quantitative estimate of drug-likeness (QED) is 0.801. The Labute approximate surface area is 121 Å². The lowest BCUT2D eigenvalue weighted by Gasteiger charge is -2.12. The van der Waals surface area contributed by atoms with Crippen LogP contribution < -0.4 is 5.32 Å². The van der Waals surface area contributed by atoms with E-state index >= 15 is 0 Å². The minimum absolute atomic E-state index is 0.285. The number of aliphatic hydroxyl groups is 1. The lowest BCUT2D eigenvalue weighted by Crippen LogP contribution is -2.17. The summed E-state index contributed by atoms with van der Waals surface area (Å²) in [6.07, 6.45) is -0.493. The largest absolute Gasteiger partial charge is 0.388 e. The molecule has 2 rings (SSSR count). The fourth-order valence-corrected chi connectivity index (χ4v) is 1.96. The van der Waals surface area contributed by atoms with Gasteiger partial charge in [-0.05, 0) is 48.4 Å². The fraction of sp³-hybridized carbons (Fsp3) is 0.250. The first-order chi connectivity index (χ1) is 10.1. The Morgan fingerprint density at radius 1 is 0.952 bits per heavy atom. The van der Waals surface area contributed by atoms with Gasteiger partial charge in [-0.15, -0.1) is 0 Å². The number of nitrogens with one attached hydrogen (secondary N) is 1. The average molecular weight is 295 g/mol. The van der Waals surface area contributed by atoms with Crippen molar-refractivity contribution in [3.63, 3.8) is 0 Å². The van der Waals surface area contributed by atoms with Crippen LogP contribution >= 0.6 is 0 Å². The molecule has 2 nitrogen and oxygen atoms in total. The van der Waals surface area contributed by atoms with Crippen molar-refractivity contribution >= 4 is 0 Å². The van der Waals surface area contributed by atoms with Crippen LogP contribution in [0.4, 0.5) is 13.2 Å². The maximum atomic E-state index is 13.0. The van der Waals surface area contributed by atoms with Gasteiger partial charge in [-0.25, -0.2) is 13.2 Å². The van der Waals surface area contributed by atoms with E-state index in [4.69, 9.17) is 0 Å². The highest BCUT2D eigenvalue weighted by atomic mass is 19.2. The van der Waals surface area contributed by atoms with Gasteiger partial charge in [0.05, 0.1) is 6.10 Å². The van der Waals surface area contributed by atoms with Crippen LogP contribution in [-0.4, -0.2) is 11.7 Å². The standard InChI is InChI=1S/C16H16F3NO/c17-13-4-1-11(2-5-13)10-20-8-7-16(21)12-3-6-14(18)15(19)9-12/h1-6,9,16,20-21H,7-8,10H2. The molecule has 2 N–H and O–H groups in total. The first-order valence-electron chi connectivity index (χ1n) is 6.64. The monoisotopic (exact) mass is 295 g/mol. The predicted octanol–water partition coefficient (Wildman–Crippen LogP) is 3.32. The molecule has 0 aromatic heterocycles. The predicted molar refractivity (Wildman–Crippen MR) is 74.0 cm³/mol. The van der Waals surface area contributed by atoms with Crippen molar-refractivity contribution in [3.05, 3.63) is 71.0 Å². The molecule has 0 radical (unpaired) electrons. The van der Waals surface area contributed by atoms with E-state index in [1.807, 2.05) is 0 Å². The van der Waals surface area contributed by atoms with Crippen LogP contribution in [0.25, 0.3) is 0 Å². The number of hydrogen-bond acceptors (Lipinski definition) is 2.